The summed E-state index contributed by atoms with van der Waals surface area (Å²) in [7, 11) is 1.65. The molecule has 0 spiro atoms. The standard InChI is InChI=1S/C26H31N7O9S2.ClH/c1-5-40-26(39)42-13(3)41-24(38)18-14(11-44-25-29-30-31-32(25)4)10-43-23-17(22(37)33(18)23)28-21(36)20(35)16-9-7-6-8-15(16)19(34)12(2)27;/h6-9,12-13,17,20,23,35H,5,10-11,27H2,1-4H3,(H,28,36);1H/t12-,13?,17?,20?,23-;/m0./s1. The van der Waals surface area contributed by atoms with Gasteiger partial charge in [-0.1, -0.05) is 36.0 Å². The Morgan fingerprint density at radius 3 is 2.58 bits per heavy atom. The number of aliphatic hydroxyl groups is 1. The molecule has 0 aliphatic carbocycles. The molecule has 4 rings (SSSR count). The number of aryl methyl sites for hydroxylation is 1. The molecular weight excluding hydrogens is 654 g/mol. The second kappa shape index (κ2) is 15.5. The average molecular weight is 686 g/mol. The third kappa shape index (κ3) is 7.93. The van der Waals surface area contributed by atoms with Gasteiger partial charge in [0.1, 0.15) is 17.1 Å². The van der Waals surface area contributed by atoms with Crippen LogP contribution in [0.5, 0.6) is 0 Å². The SMILES string of the molecule is CCOC(=O)OC(C)OC(=O)C1=C(CSc2nnnn2C)CS[C@H]2C(NC(=O)C(O)c3ccccc3C(=O)[C@H](C)N)C(=O)N12.Cl. The number of carbonyl (C=O) groups excluding carboxylic acids is 5. The van der Waals surface area contributed by atoms with Crippen molar-refractivity contribution < 1.29 is 43.3 Å². The molecular formula is C26H32ClN7O9S2. The second-order valence-electron chi connectivity index (χ2n) is 9.64. The smallest absolute Gasteiger partial charge is 0.435 e. The van der Waals surface area contributed by atoms with E-state index < -0.39 is 59.6 Å². The number of thioether (sulfide) groups is 2. The van der Waals surface area contributed by atoms with E-state index >= 15 is 0 Å². The molecule has 1 aromatic heterocycles. The number of aromatic nitrogens is 4. The number of nitrogens with one attached hydrogen (secondary N) is 1. The number of Topliss-reactive ketones (excluding diaryl/α,β-unsaturated/α-hetero) is 1. The lowest BCUT2D eigenvalue weighted by Crippen LogP contribution is -2.71. The predicted molar refractivity (Wildman–Crippen MR) is 162 cm³/mol. The number of aliphatic hydroxyl groups excluding tert-OH is 1. The maximum absolute atomic E-state index is 13.4. The summed E-state index contributed by atoms with van der Waals surface area (Å²) >= 11 is 2.52. The highest BCUT2D eigenvalue weighted by atomic mass is 35.5. The first kappa shape index (κ1) is 35.8. The minimum Gasteiger partial charge on any atom is -0.435 e. The van der Waals surface area contributed by atoms with E-state index in [1.807, 2.05) is 0 Å². The van der Waals surface area contributed by atoms with Crippen LogP contribution in [0, 0.1) is 0 Å². The van der Waals surface area contributed by atoms with Crippen molar-refractivity contribution in [2.45, 2.75) is 55.8 Å². The molecule has 4 N–H and O–H groups in total. The Labute approximate surface area is 272 Å². The van der Waals surface area contributed by atoms with E-state index in [0.29, 0.717) is 10.7 Å². The topological polar surface area (TPSA) is 218 Å². The summed E-state index contributed by atoms with van der Waals surface area (Å²) in [4.78, 5) is 65.3. The molecule has 0 saturated carbocycles. The number of nitrogens with zero attached hydrogens (tertiary/aromatic N) is 5. The van der Waals surface area contributed by atoms with Gasteiger partial charge in [-0.3, -0.25) is 19.3 Å². The lowest BCUT2D eigenvalue weighted by Gasteiger charge is -2.50. The van der Waals surface area contributed by atoms with Gasteiger partial charge in [0, 0.05) is 36.6 Å². The van der Waals surface area contributed by atoms with Crippen LogP contribution in [0.1, 0.15) is 42.8 Å². The van der Waals surface area contributed by atoms with E-state index in [4.69, 9.17) is 19.9 Å². The predicted octanol–water partition coefficient (Wildman–Crippen LogP) is 0.704. The van der Waals surface area contributed by atoms with Crippen molar-refractivity contribution in [1.29, 1.82) is 0 Å². The zero-order valence-electron chi connectivity index (χ0n) is 24.6. The lowest BCUT2D eigenvalue weighted by molar-refractivity contribution is -0.169. The fourth-order valence-electron chi connectivity index (χ4n) is 4.37. The Morgan fingerprint density at radius 2 is 1.93 bits per heavy atom. The molecule has 2 aliphatic rings. The van der Waals surface area contributed by atoms with E-state index in [1.54, 1.807) is 26.1 Å². The van der Waals surface area contributed by atoms with Gasteiger partial charge >= 0.3 is 12.1 Å². The fraction of sp³-hybridized carbons (Fsp3) is 0.462. The van der Waals surface area contributed by atoms with Gasteiger partial charge in [-0.15, -0.1) is 29.3 Å². The Hall–Kier alpha value is -3.71. The highest BCUT2D eigenvalue weighted by Crippen LogP contribution is 2.42. The minimum atomic E-state index is -1.77. The number of amides is 2. The molecule has 5 atom stereocenters. The summed E-state index contributed by atoms with van der Waals surface area (Å²) in [6.45, 7) is 4.45. The van der Waals surface area contributed by atoms with Crippen LogP contribution in [-0.4, -0.2) is 102 Å². The zero-order valence-corrected chi connectivity index (χ0v) is 27.0. The zero-order chi connectivity index (χ0) is 32.1. The summed E-state index contributed by atoms with van der Waals surface area (Å²) < 4.78 is 16.4. The number of ether oxygens (including phenoxy) is 3. The van der Waals surface area contributed by atoms with Gasteiger partial charge in [-0.2, -0.15) is 0 Å². The van der Waals surface area contributed by atoms with Gasteiger partial charge in [0.15, 0.2) is 11.9 Å². The van der Waals surface area contributed by atoms with Gasteiger partial charge in [0.2, 0.25) is 11.4 Å². The number of rotatable bonds is 12. The molecule has 1 aromatic carbocycles. The molecule has 1 fully saturated rings. The summed E-state index contributed by atoms with van der Waals surface area (Å²) in [6.07, 6.45) is -4.13. The van der Waals surface area contributed by atoms with Crippen molar-refractivity contribution >= 4 is 65.7 Å². The Bertz CT molecular complexity index is 1490. The number of hydrogen-bond acceptors (Lipinski definition) is 15. The van der Waals surface area contributed by atoms with Gasteiger partial charge in [-0.25, -0.2) is 14.3 Å². The normalized spacial score (nSPS) is 19.2. The lowest BCUT2D eigenvalue weighted by atomic mass is 9.95. The first-order valence-corrected chi connectivity index (χ1v) is 15.4. The number of benzene rings is 1. The monoisotopic (exact) mass is 685 g/mol. The van der Waals surface area contributed by atoms with Crippen LogP contribution in [-0.2, 0) is 35.6 Å². The van der Waals surface area contributed by atoms with Crippen LogP contribution >= 0.6 is 35.9 Å². The summed E-state index contributed by atoms with van der Waals surface area (Å²) in [5.41, 5.74) is 6.31. The third-order valence-corrected chi connectivity index (χ3v) is 8.91. The summed E-state index contributed by atoms with van der Waals surface area (Å²) in [5, 5.41) is 24.4. The molecule has 2 aromatic rings. The highest BCUT2D eigenvalue weighted by Gasteiger charge is 2.55. The Balaban J connectivity index is 0.00000552. The molecule has 45 heavy (non-hydrogen) atoms. The van der Waals surface area contributed by atoms with Crippen LogP contribution in [0.15, 0.2) is 40.7 Å². The minimum absolute atomic E-state index is 0. The number of esters is 1. The molecule has 3 heterocycles. The van der Waals surface area contributed by atoms with Gasteiger partial charge in [-0.05, 0) is 29.8 Å². The van der Waals surface area contributed by atoms with Crippen LogP contribution < -0.4 is 11.1 Å². The van der Waals surface area contributed by atoms with Crippen molar-refractivity contribution in [3.05, 3.63) is 46.7 Å². The fourth-order valence-corrected chi connectivity index (χ4v) is 6.71. The van der Waals surface area contributed by atoms with Crippen molar-refractivity contribution in [2.24, 2.45) is 12.8 Å². The van der Waals surface area contributed by atoms with Crippen molar-refractivity contribution in [3.8, 4) is 0 Å². The molecule has 3 unspecified atom stereocenters. The number of carbonyl (C=O) groups is 5. The molecule has 16 nitrogen and oxygen atoms in total. The average Bonchev–Trinajstić information content (AvgIpc) is 3.41. The van der Waals surface area contributed by atoms with Gasteiger partial charge in [0.05, 0.1) is 12.6 Å². The van der Waals surface area contributed by atoms with Crippen LogP contribution in [0.3, 0.4) is 0 Å². The molecule has 2 aliphatic heterocycles. The maximum Gasteiger partial charge on any atom is 0.511 e. The first-order valence-electron chi connectivity index (χ1n) is 13.4. The van der Waals surface area contributed by atoms with Crippen molar-refractivity contribution in [1.82, 2.24) is 30.4 Å². The molecule has 0 radical (unpaired) electrons. The molecule has 2 amide bonds. The first-order chi connectivity index (χ1) is 20.9. The number of ketones is 1. The molecule has 19 heteroatoms. The van der Waals surface area contributed by atoms with Crippen molar-refractivity contribution in [2.75, 3.05) is 18.1 Å². The van der Waals surface area contributed by atoms with Crippen LogP contribution in [0.25, 0.3) is 0 Å². The quantitative estimate of drug-likeness (QED) is 0.0921. The van der Waals surface area contributed by atoms with Crippen molar-refractivity contribution in [3.63, 3.8) is 0 Å². The number of tetrazole rings is 1. The molecule has 244 valence electrons. The van der Waals surface area contributed by atoms with E-state index in [9.17, 15) is 29.1 Å². The highest BCUT2D eigenvalue weighted by molar-refractivity contribution is 8.01. The Morgan fingerprint density at radius 1 is 1.22 bits per heavy atom. The number of halogens is 1. The number of nitrogens with two attached hydrogens (primary N) is 1. The van der Waals surface area contributed by atoms with Crippen LogP contribution in [0.4, 0.5) is 4.79 Å². The summed E-state index contributed by atoms with van der Waals surface area (Å²) in [5.74, 6) is -2.44. The second-order valence-corrected chi connectivity index (χ2v) is 11.7. The van der Waals surface area contributed by atoms with E-state index in [-0.39, 0.29) is 47.3 Å². The largest absolute Gasteiger partial charge is 0.511 e. The van der Waals surface area contributed by atoms with E-state index in [2.05, 4.69) is 20.8 Å². The number of hydrogen-bond donors (Lipinski definition) is 3. The van der Waals surface area contributed by atoms with Crippen LogP contribution in [0.2, 0.25) is 0 Å². The van der Waals surface area contributed by atoms with E-state index in [1.165, 1.54) is 59.1 Å². The molecule has 1 saturated heterocycles. The molecule has 0 bridgehead atoms. The van der Waals surface area contributed by atoms with Gasteiger partial charge < -0.3 is 30.4 Å². The van der Waals surface area contributed by atoms with Gasteiger partial charge in [0.25, 0.3) is 11.8 Å². The number of β-lactam (4-membered cyclic amide) rings is 1. The third-order valence-electron chi connectivity index (χ3n) is 6.48. The maximum atomic E-state index is 13.4. The van der Waals surface area contributed by atoms with E-state index in [0.717, 1.165) is 0 Å². The summed E-state index contributed by atoms with van der Waals surface area (Å²) in [6, 6.07) is 4.07. The Kier molecular flexibility index (Phi) is 12.3. The number of fused-ring (bicyclic) bond motifs is 1.